The number of carbonyl (C=O) groups is 1. The maximum atomic E-state index is 12.4. The Balaban J connectivity index is 1.82. The number of pyridine rings is 1. The van der Waals surface area contributed by atoms with E-state index in [1.807, 2.05) is 0 Å². The zero-order chi connectivity index (χ0) is 16.2. The lowest BCUT2D eigenvalue weighted by atomic mass is 10.2. The summed E-state index contributed by atoms with van der Waals surface area (Å²) in [5.74, 6) is 1.25. The Hall–Kier alpha value is -2.86. The van der Waals surface area contributed by atoms with E-state index in [4.69, 9.17) is 20.9 Å². The third-order valence-electron chi connectivity index (χ3n) is 2.91. The summed E-state index contributed by atoms with van der Waals surface area (Å²) in [7, 11) is 0. The van der Waals surface area contributed by atoms with Crippen LogP contribution in [0.2, 0.25) is 5.02 Å². The molecule has 0 saturated carbocycles. The summed E-state index contributed by atoms with van der Waals surface area (Å²) < 4.78 is 10.6. The van der Waals surface area contributed by atoms with E-state index in [2.05, 4.69) is 15.5 Å². The third-order valence-corrected chi connectivity index (χ3v) is 3.17. The van der Waals surface area contributed by atoms with Crippen molar-refractivity contribution in [3.8, 4) is 11.6 Å². The lowest BCUT2D eigenvalue weighted by molar-refractivity contribution is 0.102. The van der Waals surface area contributed by atoms with E-state index < -0.39 is 5.91 Å². The van der Waals surface area contributed by atoms with E-state index >= 15 is 0 Å². The molecule has 23 heavy (non-hydrogen) atoms. The molecule has 2 heterocycles. The molecule has 0 spiro atoms. The van der Waals surface area contributed by atoms with Gasteiger partial charge in [0, 0.05) is 17.3 Å². The fourth-order valence-electron chi connectivity index (χ4n) is 1.87. The molecule has 0 atom stereocenters. The number of amides is 1. The van der Waals surface area contributed by atoms with Gasteiger partial charge in [0.1, 0.15) is 17.1 Å². The molecule has 0 radical (unpaired) electrons. The molecule has 1 amide bonds. The van der Waals surface area contributed by atoms with Gasteiger partial charge in [0.05, 0.1) is 0 Å². The molecule has 2 aromatic heterocycles. The molecule has 0 bridgehead atoms. The molecule has 0 saturated heterocycles. The molecule has 0 unspecified atom stereocenters. The quantitative estimate of drug-likeness (QED) is 0.780. The number of hydrogen-bond acceptors (Lipinski definition) is 5. The molecule has 6 nitrogen and oxygen atoms in total. The highest BCUT2D eigenvalue weighted by atomic mass is 35.5. The number of ether oxygens (including phenoxy) is 1. The number of carbonyl (C=O) groups excluding carboxylic acids is 1. The van der Waals surface area contributed by atoms with Crippen LogP contribution in [-0.2, 0) is 0 Å². The van der Waals surface area contributed by atoms with Crippen LogP contribution in [0.15, 0.2) is 53.2 Å². The lowest BCUT2D eigenvalue weighted by Crippen LogP contribution is -2.13. The van der Waals surface area contributed by atoms with Crippen molar-refractivity contribution in [2.75, 3.05) is 5.32 Å². The Morgan fingerprint density at radius 2 is 2.04 bits per heavy atom. The van der Waals surface area contributed by atoms with Crippen LogP contribution < -0.4 is 10.1 Å². The second-order valence-corrected chi connectivity index (χ2v) is 5.13. The van der Waals surface area contributed by atoms with Crippen molar-refractivity contribution in [1.82, 2.24) is 10.1 Å². The minimum Gasteiger partial charge on any atom is -0.438 e. The van der Waals surface area contributed by atoms with Gasteiger partial charge in [-0.25, -0.2) is 4.98 Å². The molecule has 0 aliphatic rings. The number of rotatable bonds is 4. The lowest BCUT2D eigenvalue weighted by Gasteiger charge is -2.09. The molecule has 3 rings (SSSR count). The largest absolute Gasteiger partial charge is 0.438 e. The maximum absolute atomic E-state index is 12.4. The van der Waals surface area contributed by atoms with Crippen LogP contribution >= 0.6 is 11.6 Å². The zero-order valence-electron chi connectivity index (χ0n) is 12.1. The topological polar surface area (TPSA) is 77.2 Å². The summed E-state index contributed by atoms with van der Waals surface area (Å²) in [5, 5.41) is 6.95. The number of anilines is 1. The Morgan fingerprint density at radius 3 is 2.74 bits per heavy atom. The first-order chi connectivity index (χ1) is 11.1. The van der Waals surface area contributed by atoms with Gasteiger partial charge in [-0.1, -0.05) is 16.8 Å². The first-order valence-electron chi connectivity index (χ1n) is 6.75. The Bertz CT molecular complexity index is 831. The van der Waals surface area contributed by atoms with Gasteiger partial charge >= 0.3 is 0 Å². The van der Waals surface area contributed by atoms with Crippen molar-refractivity contribution in [2.45, 2.75) is 6.92 Å². The van der Waals surface area contributed by atoms with E-state index in [-0.39, 0.29) is 11.4 Å². The monoisotopic (exact) mass is 329 g/mol. The fraction of sp³-hybridized carbons (Fsp3) is 0.0625. The van der Waals surface area contributed by atoms with Gasteiger partial charge in [0.15, 0.2) is 5.82 Å². The predicted molar refractivity (Wildman–Crippen MR) is 85.0 cm³/mol. The number of nitrogens with one attached hydrogen (secondary N) is 1. The molecule has 3 aromatic rings. The van der Waals surface area contributed by atoms with Gasteiger partial charge in [0.25, 0.3) is 5.91 Å². The molecular formula is C16H12ClN3O3. The van der Waals surface area contributed by atoms with Crippen molar-refractivity contribution in [3.63, 3.8) is 0 Å². The average Bonchev–Trinajstić information content (AvgIpc) is 2.95. The van der Waals surface area contributed by atoms with Crippen LogP contribution in [0.25, 0.3) is 0 Å². The molecule has 0 fully saturated rings. The second kappa shape index (κ2) is 6.50. The van der Waals surface area contributed by atoms with E-state index in [0.29, 0.717) is 22.4 Å². The van der Waals surface area contributed by atoms with Crippen LogP contribution in [0, 0.1) is 6.92 Å². The number of halogens is 1. The van der Waals surface area contributed by atoms with Crippen LogP contribution in [0.3, 0.4) is 0 Å². The predicted octanol–water partition coefficient (Wildman–Crippen LogP) is 4.08. The highest BCUT2D eigenvalue weighted by molar-refractivity contribution is 6.30. The van der Waals surface area contributed by atoms with E-state index in [9.17, 15) is 4.79 Å². The summed E-state index contributed by atoms with van der Waals surface area (Å²) in [4.78, 5) is 16.5. The molecule has 116 valence electrons. The summed E-state index contributed by atoms with van der Waals surface area (Å²) in [5.41, 5.74) is 0.281. The molecule has 0 aliphatic heterocycles. The first-order valence-corrected chi connectivity index (χ1v) is 7.13. The number of benzene rings is 1. The minimum atomic E-state index is -0.393. The Morgan fingerprint density at radius 1 is 1.26 bits per heavy atom. The SMILES string of the molecule is Cc1cc(NC(=O)c2cccnc2Oc2ccc(Cl)cc2)no1. The number of aromatic nitrogens is 2. The summed E-state index contributed by atoms with van der Waals surface area (Å²) >= 11 is 5.84. The maximum Gasteiger partial charge on any atom is 0.262 e. The van der Waals surface area contributed by atoms with Gasteiger partial charge in [-0.05, 0) is 43.3 Å². The van der Waals surface area contributed by atoms with Crippen molar-refractivity contribution < 1.29 is 14.1 Å². The van der Waals surface area contributed by atoms with Crippen LogP contribution in [-0.4, -0.2) is 16.0 Å². The van der Waals surface area contributed by atoms with Crippen molar-refractivity contribution in [1.29, 1.82) is 0 Å². The third kappa shape index (κ3) is 3.67. The Kier molecular flexibility index (Phi) is 4.25. The van der Waals surface area contributed by atoms with Crippen molar-refractivity contribution in [3.05, 3.63) is 65.0 Å². The number of hydrogen-bond donors (Lipinski definition) is 1. The van der Waals surface area contributed by atoms with E-state index in [0.717, 1.165) is 0 Å². The summed E-state index contributed by atoms with van der Waals surface area (Å²) in [6.45, 7) is 1.74. The van der Waals surface area contributed by atoms with Gasteiger partial charge in [-0.15, -0.1) is 0 Å². The van der Waals surface area contributed by atoms with Crippen LogP contribution in [0.4, 0.5) is 5.82 Å². The minimum absolute atomic E-state index is 0.188. The zero-order valence-corrected chi connectivity index (χ0v) is 12.9. The summed E-state index contributed by atoms with van der Waals surface area (Å²) in [6, 6.07) is 11.7. The van der Waals surface area contributed by atoms with Crippen LogP contribution in [0.1, 0.15) is 16.1 Å². The van der Waals surface area contributed by atoms with Gasteiger partial charge in [0.2, 0.25) is 5.88 Å². The second-order valence-electron chi connectivity index (χ2n) is 4.69. The molecule has 1 aromatic carbocycles. The molecule has 0 aliphatic carbocycles. The number of aryl methyl sites for hydroxylation is 1. The summed E-state index contributed by atoms with van der Waals surface area (Å²) in [6.07, 6.45) is 1.54. The number of nitrogens with zero attached hydrogens (tertiary/aromatic N) is 2. The van der Waals surface area contributed by atoms with Crippen molar-refractivity contribution in [2.24, 2.45) is 0 Å². The molecule has 1 N–H and O–H groups in total. The standard InChI is InChI=1S/C16H12ClN3O3/c1-10-9-14(20-23-10)19-15(21)13-3-2-8-18-16(13)22-12-6-4-11(17)5-7-12/h2-9H,1H3,(H,19,20,21). The van der Waals surface area contributed by atoms with Crippen molar-refractivity contribution >= 4 is 23.3 Å². The van der Waals surface area contributed by atoms with Gasteiger partial charge in [-0.3, -0.25) is 4.79 Å². The molecule has 7 heteroatoms. The first kappa shape index (κ1) is 15.1. The highest BCUT2D eigenvalue weighted by Crippen LogP contribution is 2.25. The van der Waals surface area contributed by atoms with E-state index in [1.165, 1.54) is 0 Å². The highest BCUT2D eigenvalue weighted by Gasteiger charge is 2.16. The van der Waals surface area contributed by atoms with E-state index in [1.54, 1.807) is 55.6 Å². The smallest absolute Gasteiger partial charge is 0.262 e. The van der Waals surface area contributed by atoms with Crippen LogP contribution in [0.5, 0.6) is 11.6 Å². The normalized spacial score (nSPS) is 10.3. The van der Waals surface area contributed by atoms with Gasteiger partial charge in [-0.2, -0.15) is 0 Å². The Labute approximate surface area is 137 Å². The molecular weight excluding hydrogens is 318 g/mol. The average molecular weight is 330 g/mol. The van der Waals surface area contributed by atoms with Gasteiger partial charge < -0.3 is 14.6 Å². The fourth-order valence-corrected chi connectivity index (χ4v) is 1.99.